The number of phenolic OH excluding ortho intramolecular Hbond substituents is 4. The summed E-state index contributed by atoms with van der Waals surface area (Å²) in [6, 6.07) is 35.6. The summed E-state index contributed by atoms with van der Waals surface area (Å²) >= 11 is 0. The summed E-state index contributed by atoms with van der Waals surface area (Å²) in [5, 5.41) is 36.6. The zero-order chi connectivity index (χ0) is 49.0. The normalized spacial score (nSPS) is 10.0. The number of fused-ring (bicyclic) bond motifs is 8. The van der Waals surface area contributed by atoms with E-state index in [2.05, 4.69) is 44.2 Å². The van der Waals surface area contributed by atoms with Crippen molar-refractivity contribution in [1.29, 1.82) is 0 Å². The standard InChI is InChI=1S/C20H14N4.4C8H10O3.2ClH.Mn/c1-2-14-10-16-5-6-18(23-16)12-20-8-7-19(24-20)11-17-4-3-15(22-17)9-13(1)21-14;4*1-10-6-3-4-7(9)8(5-6)11-2;;;/h1-12,21,24H;4*3-5,9H,1-2H3;2*1H;/q;;;;;;;+2/p-2. The molecular formula is C52H54Cl2MnN4O12. The van der Waals surface area contributed by atoms with Gasteiger partial charge in [0, 0.05) is 46.3 Å². The second-order valence-electron chi connectivity index (χ2n) is 14.1. The average Bonchev–Trinajstić information content (AvgIpc) is 4.21. The van der Waals surface area contributed by atoms with E-state index in [1.165, 1.54) is 52.7 Å². The Morgan fingerprint density at radius 2 is 0.521 bits per heavy atom. The molecule has 8 bridgehead atoms. The molecule has 3 aromatic heterocycles. The fourth-order valence-corrected chi connectivity index (χ4v) is 6.08. The molecule has 2 aliphatic heterocycles. The Morgan fingerprint density at radius 1 is 0.310 bits per heavy atom. The number of nitrogens with one attached hydrogen (secondary N) is 2. The number of ether oxygens (including phenoxy) is 8. The van der Waals surface area contributed by atoms with E-state index in [0.29, 0.717) is 46.0 Å². The Morgan fingerprint density at radius 3 is 0.704 bits per heavy atom. The smallest absolute Gasteiger partial charge is 1.00 e. The first-order chi connectivity index (χ1) is 32.9. The van der Waals surface area contributed by atoms with Gasteiger partial charge in [-0.1, -0.05) is 0 Å². The molecule has 6 N–H and O–H groups in total. The molecule has 0 fully saturated rings. The second kappa shape index (κ2) is 29.9. The van der Waals surface area contributed by atoms with E-state index in [0.717, 1.165) is 44.8 Å². The number of aromatic hydroxyl groups is 4. The summed E-state index contributed by atoms with van der Waals surface area (Å²) in [7, 11) is 12.2. The number of hydrogen-bond acceptors (Lipinski definition) is 14. The molecule has 1 radical (unpaired) electrons. The van der Waals surface area contributed by atoms with Gasteiger partial charge in [-0.05, 0) is 121 Å². The largest absolute Gasteiger partial charge is 2.00 e. The van der Waals surface area contributed by atoms with E-state index in [1.807, 2.05) is 48.6 Å². The molecule has 0 spiro atoms. The van der Waals surface area contributed by atoms with Gasteiger partial charge in [-0.25, -0.2) is 9.97 Å². The number of H-pyrrole nitrogens is 2. The molecule has 7 aromatic rings. The van der Waals surface area contributed by atoms with E-state index in [1.54, 1.807) is 77.0 Å². The van der Waals surface area contributed by atoms with Crippen molar-refractivity contribution in [2.24, 2.45) is 0 Å². The Kier molecular flexibility index (Phi) is 25.0. The van der Waals surface area contributed by atoms with Crippen molar-refractivity contribution in [3.63, 3.8) is 0 Å². The summed E-state index contributed by atoms with van der Waals surface area (Å²) in [5.74, 6) is 4.82. The molecule has 0 atom stereocenters. The minimum atomic E-state index is 0. The first-order valence-corrected chi connectivity index (χ1v) is 20.6. The summed E-state index contributed by atoms with van der Waals surface area (Å²) < 4.78 is 39.1. The third-order valence-electron chi connectivity index (χ3n) is 9.59. The zero-order valence-electron chi connectivity index (χ0n) is 39.9. The van der Waals surface area contributed by atoms with E-state index < -0.39 is 0 Å². The van der Waals surface area contributed by atoms with Crippen molar-refractivity contribution in [3.05, 3.63) is 144 Å². The Hall–Kier alpha value is -7.82. The maximum absolute atomic E-state index is 9.15. The molecule has 375 valence electrons. The number of nitrogens with zero attached hydrogens (tertiary/aromatic N) is 2. The number of halogens is 2. The van der Waals surface area contributed by atoms with Gasteiger partial charge in [-0.3, -0.25) is 0 Å². The first kappa shape index (κ1) is 59.3. The van der Waals surface area contributed by atoms with Crippen LogP contribution in [0.4, 0.5) is 0 Å². The van der Waals surface area contributed by atoms with Crippen LogP contribution < -0.4 is 62.7 Å². The monoisotopic (exact) mass is 1050 g/mol. The number of benzene rings is 4. The molecule has 19 heteroatoms. The molecule has 0 amide bonds. The fourth-order valence-electron chi connectivity index (χ4n) is 6.08. The summed E-state index contributed by atoms with van der Waals surface area (Å²) in [5.41, 5.74) is 7.86. The summed E-state index contributed by atoms with van der Waals surface area (Å²) in [6.45, 7) is 0. The number of phenols is 4. The van der Waals surface area contributed by atoms with Gasteiger partial charge in [0.15, 0.2) is 46.0 Å². The molecule has 71 heavy (non-hydrogen) atoms. The third kappa shape index (κ3) is 17.9. The molecule has 5 heterocycles. The molecule has 4 aromatic carbocycles. The fraction of sp³-hybridized carbons (Fsp3) is 0.154. The molecule has 0 saturated heterocycles. The minimum absolute atomic E-state index is 0. The number of rotatable bonds is 8. The molecular weight excluding hydrogens is 998 g/mol. The van der Waals surface area contributed by atoms with Crippen LogP contribution in [0.1, 0.15) is 22.8 Å². The molecule has 0 unspecified atom stereocenters. The predicted molar refractivity (Wildman–Crippen MR) is 264 cm³/mol. The minimum Gasteiger partial charge on any atom is -1.00 e. The summed E-state index contributed by atoms with van der Waals surface area (Å²) in [6.07, 6.45) is 8.09. The number of hydrogen-bond donors (Lipinski definition) is 6. The van der Waals surface area contributed by atoms with Gasteiger partial charge in [-0.15, -0.1) is 0 Å². The van der Waals surface area contributed by atoms with Gasteiger partial charge in [0.05, 0.1) is 79.7 Å². The Labute approximate surface area is 434 Å². The first-order valence-electron chi connectivity index (χ1n) is 20.6. The number of methoxy groups -OCH3 is 8. The quantitative estimate of drug-likeness (QED) is 0.117. The van der Waals surface area contributed by atoms with E-state index in [4.69, 9.17) is 58.3 Å². The van der Waals surface area contributed by atoms with Gasteiger partial charge in [0.25, 0.3) is 0 Å². The van der Waals surface area contributed by atoms with Gasteiger partial charge in [0.2, 0.25) is 0 Å². The maximum atomic E-state index is 9.15. The van der Waals surface area contributed by atoms with E-state index in [9.17, 15) is 0 Å². The van der Waals surface area contributed by atoms with Crippen LogP contribution in [-0.4, -0.2) is 97.2 Å². The van der Waals surface area contributed by atoms with Crippen molar-refractivity contribution < 1.29 is 100 Å². The van der Waals surface area contributed by atoms with E-state index in [-0.39, 0.29) is 64.9 Å². The van der Waals surface area contributed by atoms with Gasteiger partial charge in [0.1, 0.15) is 23.0 Å². The van der Waals surface area contributed by atoms with Crippen LogP contribution in [0.3, 0.4) is 0 Å². The maximum Gasteiger partial charge on any atom is 2.00 e. The SMILES string of the molecule is C1=Cc2cc3ccc(cc4nc(cc5ccc(cc1n2)[nH]5)C=C4)[nH]3.COc1ccc(O)c(OC)c1.COc1ccc(O)c(OC)c1.COc1ccc(O)c(OC)c1.COc1ccc(O)c(OC)c1.[Cl-].[Cl-].[Mn+2]. The van der Waals surface area contributed by atoms with Crippen molar-refractivity contribution >= 4 is 46.4 Å². The van der Waals surface area contributed by atoms with Crippen LogP contribution >= 0.6 is 0 Å². The van der Waals surface area contributed by atoms with Crippen LogP contribution in [0.5, 0.6) is 69.0 Å². The second-order valence-corrected chi connectivity index (χ2v) is 14.1. The average molecular weight is 1050 g/mol. The van der Waals surface area contributed by atoms with E-state index >= 15 is 0 Å². The predicted octanol–water partition coefficient (Wildman–Crippen LogP) is 4.30. The topological polar surface area (TPSA) is 212 Å². The third-order valence-corrected chi connectivity index (χ3v) is 9.59. The van der Waals surface area contributed by atoms with Gasteiger partial charge in [-0.2, -0.15) is 0 Å². The Balaban J connectivity index is 0.000000319. The molecule has 2 aliphatic rings. The molecule has 16 nitrogen and oxygen atoms in total. The number of aromatic amines is 2. The van der Waals surface area contributed by atoms with Crippen molar-refractivity contribution in [3.8, 4) is 69.0 Å². The van der Waals surface area contributed by atoms with Gasteiger partial charge >= 0.3 is 17.1 Å². The van der Waals surface area contributed by atoms with Crippen LogP contribution in [-0.2, 0) is 17.1 Å². The van der Waals surface area contributed by atoms with Crippen molar-refractivity contribution in [2.75, 3.05) is 56.9 Å². The van der Waals surface area contributed by atoms with Crippen LogP contribution in [0.25, 0.3) is 46.4 Å². The van der Waals surface area contributed by atoms with Crippen LogP contribution in [0.15, 0.2) is 121 Å². The number of aromatic nitrogens is 4. The zero-order valence-corrected chi connectivity index (χ0v) is 42.6. The Bertz CT molecular complexity index is 2610. The van der Waals surface area contributed by atoms with Crippen LogP contribution in [0, 0.1) is 0 Å². The van der Waals surface area contributed by atoms with Crippen molar-refractivity contribution in [2.45, 2.75) is 0 Å². The molecule has 0 saturated carbocycles. The molecule has 9 rings (SSSR count). The molecule has 0 aliphatic carbocycles. The van der Waals surface area contributed by atoms with Gasteiger partial charge < -0.3 is 93.1 Å². The summed E-state index contributed by atoms with van der Waals surface area (Å²) in [4.78, 5) is 16.0. The van der Waals surface area contributed by atoms with Crippen LogP contribution in [0.2, 0.25) is 0 Å². The van der Waals surface area contributed by atoms with Crippen molar-refractivity contribution in [1.82, 2.24) is 19.9 Å².